The Hall–Kier alpha value is 0.270. The summed E-state index contributed by atoms with van der Waals surface area (Å²) in [7, 11) is 0. The van der Waals surface area contributed by atoms with Gasteiger partial charge in [0.2, 0.25) is 0 Å². The summed E-state index contributed by atoms with van der Waals surface area (Å²) >= 11 is 1.91. The van der Waals surface area contributed by atoms with Crippen molar-refractivity contribution in [3.8, 4) is 0 Å². The van der Waals surface area contributed by atoms with Crippen LogP contribution in [0.1, 0.15) is 32.1 Å². The molecule has 0 aromatic rings. The van der Waals surface area contributed by atoms with Gasteiger partial charge in [0.05, 0.1) is 6.61 Å². The van der Waals surface area contributed by atoms with Gasteiger partial charge in [0, 0.05) is 5.54 Å². The third-order valence-electron chi connectivity index (χ3n) is 2.89. The summed E-state index contributed by atoms with van der Waals surface area (Å²) in [5.41, 5.74) is 0.110. The molecule has 1 fully saturated rings. The molecule has 0 unspecified atom stereocenters. The number of aliphatic hydroxyl groups excluding tert-OH is 1. The van der Waals surface area contributed by atoms with Gasteiger partial charge in [0.15, 0.2) is 0 Å². The van der Waals surface area contributed by atoms with Crippen LogP contribution in [-0.4, -0.2) is 35.8 Å². The summed E-state index contributed by atoms with van der Waals surface area (Å²) in [5, 5.41) is 12.7. The minimum absolute atomic E-state index is 0.110. The van der Waals surface area contributed by atoms with E-state index < -0.39 is 0 Å². The van der Waals surface area contributed by atoms with Crippen molar-refractivity contribution in [2.24, 2.45) is 0 Å². The van der Waals surface area contributed by atoms with Crippen LogP contribution in [0.4, 0.5) is 0 Å². The van der Waals surface area contributed by atoms with Crippen LogP contribution in [-0.2, 0) is 0 Å². The Morgan fingerprint density at radius 1 is 1.38 bits per heavy atom. The third-order valence-corrected chi connectivity index (χ3v) is 3.59. The zero-order valence-corrected chi connectivity index (χ0v) is 9.33. The standard InChI is InChI=1S/C10H21NOS/c1-13-8-3-2-7-11-10(9-12)5-4-6-10/h11-12H,2-9H2,1H3. The van der Waals surface area contributed by atoms with Crippen molar-refractivity contribution < 1.29 is 5.11 Å². The fourth-order valence-electron chi connectivity index (χ4n) is 1.72. The van der Waals surface area contributed by atoms with E-state index in [-0.39, 0.29) is 5.54 Å². The molecule has 2 N–H and O–H groups in total. The van der Waals surface area contributed by atoms with Crippen molar-refractivity contribution in [3.63, 3.8) is 0 Å². The van der Waals surface area contributed by atoms with Crippen LogP contribution < -0.4 is 5.32 Å². The molecule has 0 aromatic heterocycles. The van der Waals surface area contributed by atoms with Crippen molar-refractivity contribution in [2.45, 2.75) is 37.6 Å². The minimum atomic E-state index is 0.110. The van der Waals surface area contributed by atoms with Gasteiger partial charge in [0.1, 0.15) is 0 Å². The number of thioether (sulfide) groups is 1. The highest BCUT2D eigenvalue weighted by Gasteiger charge is 2.35. The maximum Gasteiger partial charge on any atom is 0.0613 e. The zero-order valence-electron chi connectivity index (χ0n) is 8.51. The van der Waals surface area contributed by atoms with Crippen molar-refractivity contribution >= 4 is 11.8 Å². The number of hydrogen-bond donors (Lipinski definition) is 2. The van der Waals surface area contributed by atoms with Gasteiger partial charge in [-0.15, -0.1) is 0 Å². The Kier molecular flexibility index (Phi) is 5.14. The van der Waals surface area contributed by atoms with Crippen molar-refractivity contribution in [1.29, 1.82) is 0 Å². The molecule has 0 aromatic carbocycles. The highest BCUT2D eigenvalue weighted by molar-refractivity contribution is 7.98. The molecule has 0 atom stereocenters. The second-order valence-electron chi connectivity index (χ2n) is 3.92. The molecule has 1 saturated carbocycles. The number of aliphatic hydroxyl groups is 1. The minimum Gasteiger partial charge on any atom is -0.394 e. The Morgan fingerprint density at radius 3 is 2.62 bits per heavy atom. The summed E-state index contributed by atoms with van der Waals surface area (Å²) in [6, 6.07) is 0. The Labute approximate surface area is 85.5 Å². The predicted octanol–water partition coefficient (Wildman–Crippen LogP) is 1.63. The van der Waals surface area contributed by atoms with E-state index in [2.05, 4.69) is 11.6 Å². The van der Waals surface area contributed by atoms with E-state index in [4.69, 9.17) is 0 Å². The number of rotatable bonds is 7. The van der Waals surface area contributed by atoms with Gasteiger partial charge in [-0.1, -0.05) is 0 Å². The van der Waals surface area contributed by atoms with Crippen LogP contribution in [0.25, 0.3) is 0 Å². The van der Waals surface area contributed by atoms with E-state index in [0.29, 0.717) is 6.61 Å². The molecule has 1 rings (SSSR count). The lowest BCUT2D eigenvalue weighted by Crippen LogP contribution is -2.54. The maximum atomic E-state index is 9.17. The van der Waals surface area contributed by atoms with Crippen LogP contribution in [0.2, 0.25) is 0 Å². The fraction of sp³-hybridized carbons (Fsp3) is 1.00. The largest absolute Gasteiger partial charge is 0.394 e. The van der Waals surface area contributed by atoms with Gasteiger partial charge in [-0.3, -0.25) is 0 Å². The average Bonchev–Trinajstić information content (AvgIpc) is 2.09. The zero-order chi connectivity index (χ0) is 9.57. The molecule has 0 spiro atoms. The predicted molar refractivity (Wildman–Crippen MR) is 59.3 cm³/mol. The summed E-state index contributed by atoms with van der Waals surface area (Å²) in [4.78, 5) is 0. The van der Waals surface area contributed by atoms with Gasteiger partial charge < -0.3 is 10.4 Å². The molecule has 0 bridgehead atoms. The second kappa shape index (κ2) is 5.89. The molecular formula is C10H21NOS. The topological polar surface area (TPSA) is 32.3 Å². The van der Waals surface area contributed by atoms with Gasteiger partial charge in [-0.2, -0.15) is 11.8 Å². The first kappa shape index (κ1) is 11.3. The van der Waals surface area contributed by atoms with Gasteiger partial charge >= 0.3 is 0 Å². The number of nitrogens with one attached hydrogen (secondary N) is 1. The van der Waals surface area contributed by atoms with Gasteiger partial charge in [0.25, 0.3) is 0 Å². The number of hydrogen-bond acceptors (Lipinski definition) is 3. The molecule has 78 valence electrons. The van der Waals surface area contributed by atoms with Crippen molar-refractivity contribution in [3.05, 3.63) is 0 Å². The molecule has 3 heteroatoms. The quantitative estimate of drug-likeness (QED) is 0.617. The second-order valence-corrected chi connectivity index (χ2v) is 4.90. The molecule has 1 aliphatic carbocycles. The van der Waals surface area contributed by atoms with Crippen LogP contribution in [0.15, 0.2) is 0 Å². The van der Waals surface area contributed by atoms with Crippen molar-refractivity contribution in [2.75, 3.05) is 25.2 Å². The molecule has 0 heterocycles. The number of unbranched alkanes of at least 4 members (excludes halogenated alkanes) is 1. The first-order chi connectivity index (χ1) is 6.33. The van der Waals surface area contributed by atoms with E-state index in [1.807, 2.05) is 11.8 Å². The molecule has 13 heavy (non-hydrogen) atoms. The van der Waals surface area contributed by atoms with E-state index in [0.717, 1.165) is 19.4 Å². The molecule has 1 aliphatic rings. The summed E-state index contributed by atoms with van der Waals surface area (Å²) in [6.45, 7) is 1.39. The third kappa shape index (κ3) is 3.49. The lowest BCUT2D eigenvalue weighted by atomic mass is 9.77. The lowest BCUT2D eigenvalue weighted by Gasteiger charge is -2.41. The molecule has 0 saturated heterocycles. The van der Waals surface area contributed by atoms with E-state index in [1.54, 1.807) is 0 Å². The Bertz CT molecular complexity index is 131. The molecule has 2 nitrogen and oxygen atoms in total. The molecule has 0 aliphatic heterocycles. The molecule has 0 radical (unpaired) electrons. The smallest absolute Gasteiger partial charge is 0.0613 e. The van der Waals surface area contributed by atoms with Crippen molar-refractivity contribution in [1.82, 2.24) is 5.32 Å². The Balaban J connectivity index is 1.98. The van der Waals surface area contributed by atoms with E-state index in [9.17, 15) is 5.11 Å². The fourth-order valence-corrected chi connectivity index (χ4v) is 2.21. The first-order valence-corrected chi connectivity index (χ1v) is 6.57. The summed E-state index contributed by atoms with van der Waals surface area (Å²) in [5.74, 6) is 1.26. The summed E-state index contributed by atoms with van der Waals surface area (Å²) < 4.78 is 0. The monoisotopic (exact) mass is 203 g/mol. The summed E-state index contributed by atoms with van der Waals surface area (Å²) in [6.07, 6.45) is 8.27. The molecular weight excluding hydrogens is 182 g/mol. The maximum absolute atomic E-state index is 9.17. The highest BCUT2D eigenvalue weighted by Crippen LogP contribution is 2.30. The van der Waals surface area contributed by atoms with Crippen LogP contribution in [0.3, 0.4) is 0 Å². The van der Waals surface area contributed by atoms with E-state index >= 15 is 0 Å². The van der Waals surface area contributed by atoms with Gasteiger partial charge in [-0.25, -0.2) is 0 Å². The van der Waals surface area contributed by atoms with E-state index in [1.165, 1.54) is 25.0 Å². The average molecular weight is 203 g/mol. The highest BCUT2D eigenvalue weighted by atomic mass is 32.2. The lowest BCUT2D eigenvalue weighted by molar-refractivity contribution is 0.0888. The van der Waals surface area contributed by atoms with Crippen LogP contribution in [0.5, 0.6) is 0 Å². The Morgan fingerprint density at radius 2 is 2.15 bits per heavy atom. The van der Waals surface area contributed by atoms with Crippen LogP contribution >= 0.6 is 11.8 Å². The van der Waals surface area contributed by atoms with Crippen LogP contribution in [0, 0.1) is 0 Å². The normalized spacial score (nSPS) is 19.8. The molecule has 0 amide bonds. The SMILES string of the molecule is CSCCCCNC1(CO)CCC1. The first-order valence-electron chi connectivity index (χ1n) is 5.18. The van der Waals surface area contributed by atoms with Gasteiger partial charge in [-0.05, 0) is 50.7 Å².